The first-order chi connectivity index (χ1) is 44.0. The fraction of sp³-hybridized carbons (Fsp3) is 0.850. The van der Waals surface area contributed by atoms with E-state index in [2.05, 4.69) is 74.6 Å². The number of rotatable bonds is 73. The average molecular weight is 1290 g/mol. The molecule has 0 aromatic heterocycles. The van der Waals surface area contributed by atoms with Crippen LogP contribution in [0.25, 0.3) is 0 Å². The summed E-state index contributed by atoms with van der Waals surface area (Å²) in [5, 5.41) is 0. The zero-order valence-electron chi connectivity index (χ0n) is 60.4. The lowest BCUT2D eigenvalue weighted by molar-refractivity contribution is -0.870. The van der Waals surface area contributed by atoms with Gasteiger partial charge in [-0.1, -0.05) is 376 Å². The quantitative estimate of drug-likeness (QED) is 0.0195. The third-order valence-corrected chi connectivity index (χ3v) is 18.5. The highest BCUT2D eigenvalue weighted by molar-refractivity contribution is 7.45. The highest BCUT2D eigenvalue weighted by Crippen LogP contribution is 2.38. The second kappa shape index (κ2) is 71.0. The number of carbonyl (C=O) groups excluding carboxylic acids is 2. The Labute approximate surface area is 559 Å². The van der Waals surface area contributed by atoms with Crippen LogP contribution in [0.1, 0.15) is 386 Å². The summed E-state index contributed by atoms with van der Waals surface area (Å²) < 4.78 is 34.4. The van der Waals surface area contributed by atoms with Gasteiger partial charge in [-0.05, 0) is 57.8 Å². The monoisotopic (exact) mass is 1280 g/mol. The SMILES string of the molecule is CC/C=C\C/C=C\C/C=C\C/C=C\C/C=C\CCCCCCCCCCCCCCCCCC(=O)OC(COC(=O)CCCCCCCCCCCCCCCCCCCCCCCCCCCCCCCCCCCCC)COP(=O)([O-])OCC[N+](C)(C)C. The van der Waals surface area contributed by atoms with Crippen LogP contribution in [0.2, 0.25) is 0 Å². The van der Waals surface area contributed by atoms with E-state index in [4.69, 9.17) is 18.5 Å². The Morgan fingerprint density at radius 2 is 0.633 bits per heavy atom. The predicted molar refractivity (Wildman–Crippen MR) is 388 cm³/mol. The number of carbonyl (C=O) groups is 2. The van der Waals surface area contributed by atoms with Gasteiger partial charge in [-0.3, -0.25) is 14.2 Å². The molecule has 0 spiro atoms. The molecule has 0 saturated carbocycles. The average Bonchev–Trinajstić information content (AvgIpc) is 3.58. The molecule has 0 rings (SSSR count). The van der Waals surface area contributed by atoms with Crippen molar-refractivity contribution in [1.82, 2.24) is 0 Å². The fourth-order valence-electron chi connectivity index (χ4n) is 11.6. The maximum atomic E-state index is 12.9. The molecule has 0 fully saturated rings. The Morgan fingerprint density at radius 1 is 0.356 bits per heavy atom. The minimum Gasteiger partial charge on any atom is -0.756 e. The Balaban J connectivity index is 3.93. The van der Waals surface area contributed by atoms with Crippen LogP contribution in [0.5, 0.6) is 0 Å². The standard InChI is InChI=1S/C80H150NO8P/c1-6-8-10-12-14-16-18-20-22-24-26-28-30-32-34-36-38-39-40-41-43-44-46-48-50-52-54-56-58-60-62-64-66-68-70-72-79(82)86-76-78(77-88-90(84,85)87-75-74-81(3,4)5)89-80(83)73-71-69-67-65-63-61-59-57-55-53-51-49-47-45-42-37-35-33-31-29-27-25-23-21-19-17-15-13-11-9-7-2/h9,11,15,17,21,23,27,29,33,35,78H,6-8,10,12-14,16,18-20,22,24-26,28,30-32,34,36-77H2,1-5H3/b11-9-,17-15-,23-21-,29-27-,35-33-. The molecule has 2 unspecified atom stereocenters. The summed E-state index contributed by atoms with van der Waals surface area (Å²) in [5.41, 5.74) is 0. The molecule has 0 bridgehead atoms. The van der Waals surface area contributed by atoms with Crippen LogP contribution >= 0.6 is 7.82 Å². The van der Waals surface area contributed by atoms with Crippen LogP contribution < -0.4 is 4.89 Å². The van der Waals surface area contributed by atoms with Crippen LogP contribution in [-0.4, -0.2) is 70.0 Å². The maximum Gasteiger partial charge on any atom is 0.306 e. The van der Waals surface area contributed by atoms with Crippen molar-refractivity contribution in [2.75, 3.05) is 47.5 Å². The Morgan fingerprint density at radius 3 is 0.944 bits per heavy atom. The van der Waals surface area contributed by atoms with E-state index in [0.29, 0.717) is 17.4 Å². The molecular formula is C80H150NO8P. The van der Waals surface area contributed by atoms with Crippen LogP contribution in [0.4, 0.5) is 0 Å². The fourth-order valence-corrected chi connectivity index (χ4v) is 12.4. The second-order valence-corrected chi connectivity index (χ2v) is 29.1. The van der Waals surface area contributed by atoms with Crippen molar-refractivity contribution < 1.29 is 42.1 Å². The number of phosphoric acid groups is 1. The molecule has 0 aromatic carbocycles. The number of quaternary nitrogens is 1. The molecule has 90 heavy (non-hydrogen) atoms. The van der Waals surface area contributed by atoms with Gasteiger partial charge < -0.3 is 27.9 Å². The summed E-state index contributed by atoms with van der Waals surface area (Å²) in [7, 11) is 1.18. The molecule has 0 aliphatic carbocycles. The number of likely N-dealkylation sites (N-methyl/N-ethyl adjacent to an activating group) is 1. The first kappa shape index (κ1) is 87.7. The summed E-state index contributed by atoms with van der Waals surface area (Å²) in [5.74, 6) is -0.814. The van der Waals surface area contributed by atoms with E-state index in [0.717, 1.165) is 70.6 Å². The number of allylic oxidation sites excluding steroid dienone is 10. The summed E-state index contributed by atoms with van der Waals surface area (Å²) in [6.45, 7) is 4.20. The number of esters is 2. The van der Waals surface area contributed by atoms with Crippen molar-refractivity contribution in [3.63, 3.8) is 0 Å². The van der Waals surface area contributed by atoms with Crippen LogP contribution in [0.3, 0.4) is 0 Å². The van der Waals surface area contributed by atoms with Crippen molar-refractivity contribution in [2.45, 2.75) is 392 Å². The van der Waals surface area contributed by atoms with E-state index >= 15 is 0 Å². The molecule has 0 heterocycles. The Kier molecular flexibility index (Phi) is 69.2. The summed E-state index contributed by atoms with van der Waals surface area (Å²) >= 11 is 0. The van der Waals surface area contributed by atoms with E-state index in [1.165, 1.54) is 283 Å². The zero-order chi connectivity index (χ0) is 65.5. The number of hydrogen-bond acceptors (Lipinski definition) is 8. The van der Waals surface area contributed by atoms with E-state index in [1.54, 1.807) is 0 Å². The normalized spacial score (nSPS) is 13.4. The van der Waals surface area contributed by atoms with Crippen LogP contribution in [0.15, 0.2) is 60.8 Å². The topological polar surface area (TPSA) is 111 Å². The van der Waals surface area contributed by atoms with Crippen molar-refractivity contribution in [3.05, 3.63) is 60.8 Å². The van der Waals surface area contributed by atoms with Gasteiger partial charge in [-0.15, -0.1) is 0 Å². The minimum atomic E-state index is -4.64. The van der Waals surface area contributed by atoms with Crippen molar-refractivity contribution >= 4 is 19.8 Å². The lowest BCUT2D eigenvalue weighted by Gasteiger charge is -2.28. The van der Waals surface area contributed by atoms with Gasteiger partial charge in [0.25, 0.3) is 7.82 Å². The van der Waals surface area contributed by atoms with E-state index in [9.17, 15) is 19.0 Å². The maximum absolute atomic E-state index is 12.9. The number of ether oxygens (including phenoxy) is 2. The Bertz CT molecular complexity index is 1700. The molecular weight excluding hydrogens is 1130 g/mol. The molecule has 0 N–H and O–H groups in total. The van der Waals surface area contributed by atoms with Gasteiger partial charge in [-0.2, -0.15) is 0 Å². The third kappa shape index (κ3) is 74.7. The summed E-state index contributed by atoms with van der Waals surface area (Å²) in [6, 6.07) is 0. The zero-order valence-corrected chi connectivity index (χ0v) is 61.2. The van der Waals surface area contributed by atoms with Crippen molar-refractivity contribution in [2.24, 2.45) is 0 Å². The summed E-state index contributed by atoms with van der Waals surface area (Å²) in [4.78, 5) is 38.2. The third-order valence-electron chi connectivity index (χ3n) is 17.6. The van der Waals surface area contributed by atoms with Gasteiger partial charge in [0.15, 0.2) is 6.10 Å². The molecule has 0 amide bonds. The van der Waals surface area contributed by atoms with Gasteiger partial charge in [-0.25, -0.2) is 0 Å². The van der Waals surface area contributed by atoms with Gasteiger partial charge in [0.05, 0.1) is 27.7 Å². The van der Waals surface area contributed by atoms with E-state index < -0.39 is 26.5 Å². The molecule has 0 aliphatic heterocycles. The van der Waals surface area contributed by atoms with Gasteiger partial charge in [0, 0.05) is 12.8 Å². The number of phosphoric ester groups is 1. The highest BCUT2D eigenvalue weighted by atomic mass is 31.2. The molecule has 10 heteroatoms. The predicted octanol–water partition coefficient (Wildman–Crippen LogP) is 25.1. The van der Waals surface area contributed by atoms with Crippen molar-refractivity contribution in [3.8, 4) is 0 Å². The molecule has 0 aliphatic rings. The van der Waals surface area contributed by atoms with Gasteiger partial charge in [0.2, 0.25) is 0 Å². The summed E-state index contributed by atoms with van der Waals surface area (Å²) in [6.07, 6.45) is 94.9. The molecule has 528 valence electrons. The molecule has 9 nitrogen and oxygen atoms in total. The number of hydrogen-bond donors (Lipinski definition) is 0. The second-order valence-electron chi connectivity index (χ2n) is 27.7. The minimum absolute atomic E-state index is 0.0296. The lowest BCUT2D eigenvalue weighted by atomic mass is 10.0. The van der Waals surface area contributed by atoms with Crippen molar-refractivity contribution in [1.29, 1.82) is 0 Å². The van der Waals surface area contributed by atoms with E-state index in [1.807, 2.05) is 21.1 Å². The number of nitrogens with zero attached hydrogens (tertiary/aromatic N) is 1. The molecule has 0 saturated heterocycles. The van der Waals surface area contributed by atoms with Gasteiger partial charge in [0.1, 0.15) is 19.8 Å². The van der Waals surface area contributed by atoms with Gasteiger partial charge >= 0.3 is 11.9 Å². The highest BCUT2D eigenvalue weighted by Gasteiger charge is 2.22. The Hall–Kier alpha value is -2.29. The lowest BCUT2D eigenvalue weighted by Crippen LogP contribution is -2.37. The first-order valence-corrected chi connectivity index (χ1v) is 40.5. The molecule has 0 radical (unpaired) electrons. The van der Waals surface area contributed by atoms with Crippen LogP contribution in [0, 0.1) is 0 Å². The van der Waals surface area contributed by atoms with Crippen LogP contribution in [-0.2, 0) is 32.7 Å². The smallest absolute Gasteiger partial charge is 0.306 e. The molecule has 0 aromatic rings. The number of unbranched alkanes of at least 4 members (excludes halogenated alkanes) is 49. The van der Waals surface area contributed by atoms with E-state index in [-0.39, 0.29) is 32.0 Å². The first-order valence-electron chi connectivity index (χ1n) is 39.0. The largest absolute Gasteiger partial charge is 0.756 e. The molecule has 2 atom stereocenters.